The van der Waals surface area contributed by atoms with Crippen LogP contribution in [0.2, 0.25) is 0 Å². The van der Waals surface area contributed by atoms with Crippen molar-refractivity contribution in [2.75, 3.05) is 25.1 Å². The van der Waals surface area contributed by atoms with Gasteiger partial charge in [-0.1, -0.05) is 27.7 Å². The molecule has 0 aromatic heterocycles. The first-order valence-electron chi connectivity index (χ1n) is 14.6. The maximum atomic E-state index is 13.3. The highest BCUT2D eigenvalue weighted by Crippen LogP contribution is 2.55. The first-order valence-corrected chi connectivity index (χ1v) is 14.6. The number of benzene rings is 2. The minimum Gasteiger partial charge on any atom is -0.495 e. The van der Waals surface area contributed by atoms with E-state index in [4.69, 9.17) is 9.47 Å². The van der Waals surface area contributed by atoms with E-state index in [2.05, 4.69) is 56.1 Å². The minimum absolute atomic E-state index is 0.0745. The normalized spacial score (nSPS) is 25.0. The van der Waals surface area contributed by atoms with Gasteiger partial charge in [0.1, 0.15) is 23.7 Å². The number of aliphatic hydroxyl groups excluding tert-OH is 1. The maximum absolute atomic E-state index is 13.3. The summed E-state index contributed by atoms with van der Waals surface area (Å²) in [5.74, 6) is 1.06. The van der Waals surface area contributed by atoms with E-state index in [-0.39, 0.29) is 35.0 Å². The van der Waals surface area contributed by atoms with E-state index in [1.54, 1.807) is 25.3 Å². The summed E-state index contributed by atoms with van der Waals surface area (Å²) in [6.07, 6.45) is 6.26. The van der Waals surface area contributed by atoms with Gasteiger partial charge in [0.2, 0.25) is 0 Å². The Morgan fingerprint density at radius 1 is 1.00 bits per heavy atom. The number of anilines is 1. The number of hydrogen-bond donors (Lipinski definition) is 2. The highest BCUT2D eigenvalue weighted by molar-refractivity contribution is 5.95. The predicted octanol–water partition coefficient (Wildman–Crippen LogP) is 5.70. The second-order valence-corrected chi connectivity index (χ2v) is 13.3. The monoisotopic (exact) mass is 545 g/mol. The van der Waals surface area contributed by atoms with Crippen LogP contribution in [0.5, 0.6) is 11.5 Å². The van der Waals surface area contributed by atoms with Gasteiger partial charge in [0, 0.05) is 47.3 Å². The molecule has 214 valence electrons. The lowest BCUT2D eigenvalue weighted by Gasteiger charge is -2.63. The molecule has 1 saturated heterocycles. The molecule has 7 heteroatoms. The molecule has 0 atom stereocenters. The molecule has 3 aliphatic rings. The summed E-state index contributed by atoms with van der Waals surface area (Å²) in [6.45, 7) is 10.5. The minimum atomic E-state index is -0.306. The smallest absolute Gasteiger partial charge is 0.251 e. The molecule has 3 fully saturated rings. The predicted molar refractivity (Wildman–Crippen MR) is 156 cm³/mol. The maximum Gasteiger partial charge on any atom is 0.251 e. The molecule has 5 rings (SSSR count). The molecule has 2 aliphatic carbocycles. The lowest BCUT2D eigenvalue weighted by atomic mass is 9.49. The fourth-order valence-electron chi connectivity index (χ4n) is 7.77. The lowest BCUT2D eigenvalue weighted by Crippen LogP contribution is -2.74. The Labute approximate surface area is 238 Å². The van der Waals surface area contributed by atoms with Gasteiger partial charge in [-0.15, -0.1) is 0 Å². The average molecular weight is 546 g/mol. The fourth-order valence-corrected chi connectivity index (χ4v) is 7.77. The number of amides is 1. The van der Waals surface area contributed by atoms with Gasteiger partial charge in [-0.3, -0.25) is 4.79 Å². The van der Waals surface area contributed by atoms with Crippen molar-refractivity contribution in [3.05, 3.63) is 53.6 Å². The highest BCUT2D eigenvalue weighted by atomic mass is 16.5. The van der Waals surface area contributed by atoms with Crippen LogP contribution in [0, 0.1) is 27.6 Å². The number of carbonyl (C=O) groups is 1. The van der Waals surface area contributed by atoms with Gasteiger partial charge in [0.15, 0.2) is 0 Å². The van der Waals surface area contributed by atoms with Crippen molar-refractivity contribution in [3.63, 3.8) is 0 Å². The molecule has 0 unspecified atom stereocenters. The largest absolute Gasteiger partial charge is 0.495 e. The van der Waals surface area contributed by atoms with Crippen molar-refractivity contribution in [2.45, 2.75) is 84.5 Å². The summed E-state index contributed by atoms with van der Waals surface area (Å²) in [6, 6.07) is 15.3. The molecule has 1 aliphatic heterocycles. The third kappa shape index (κ3) is 5.14. The number of aliphatic hydroxyl groups is 1. The van der Waals surface area contributed by atoms with Crippen LogP contribution >= 0.6 is 0 Å². The summed E-state index contributed by atoms with van der Waals surface area (Å²) in [5, 5.41) is 22.5. The zero-order chi connectivity index (χ0) is 28.7. The number of rotatable bonds is 6. The van der Waals surface area contributed by atoms with Crippen molar-refractivity contribution >= 4 is 11.6 Å². The van der Waals surface area contributed by atoms with E-state index in [0.29, 0.717) is 28.0 Å². The van der Waals surface area contributed by atoms with Crippen LogP contribution < -0.4 is 19.7 Å². The number of piperidine rings is 1. The van der Waals surface area contributed by atoms with Gasteiger partial charge >= 0.3 is 0 Å². The van der Waals surface area contributed by atoms with Crippen LogP contribution in [0.1, 0.15) is 82.1 Å². The molecule has 1 spiro atoms. The number of nitrogens with one attached hydrogen (secondary N) is 1. The molecule has 2 saturated carbocycles. The van der Waals surface area contributed by atoms with Crippen molar-refractivity contribution < 1.29 is 19.4 Å². The molecule has 1 amide bonds. The SMILES string of the molecule is COc1cc(OC2C(C)(C)C(NC(=O)c3ccc(N4CCC5(CCC(O)CC5)CC4)cc3)C2(C)C)ccc1C#N. The Balaban J connectivity index is 1.19. The van der Waals surface area contributed by atoms with Crippen LogP contribution in [-0.4, -0.2) is 49.5 Å². The van der Waals surface area contributed by atoms with E-state index >= 15 is 0 Å². The van der Waals surface area contributed by atoms with Gasteiger partial charge < -0.3 is 24.8 Å². The van der Waals surface area contributed by atoms with Gasteiger partial charge in [-0.25, -0.2) is 0 Å². The summed E-state index contributed by atoms with van der Waals surface area (Å²) in [4.78, 5) is 15.8. The standard InChI is InChI=1S/C33H43N3O4/c1-31(2)29(32(3,4)30(31)40-26-11-8-23(21-34)27(20-26)39-5)35-28(38)22-6-9-24(10-7-22)36-18-16-33(17-19-36)14-12-25(37)13-15-33/h6-11,20,25,29-30,37H,12-19H2,1-5H3,(H,35,38). The van der Waals surface area contributed by atoms with Crippen LogP contribution in [0.25, 0.3) is 0 Å². The Morgan fingerprint density at radius 3 is 2.20 bits per heavy atom. The Hall–Kier alpha value is -3.24. The van der Waals surface area contributed by atoms with Crippen molar-refractivity contribution in [1.29, 1.82) is 5.26 Å². The van der Waals surface area contributed by atoms with Gasteiger partial charge in [0.05, 0.1) is 18.8 Å². The van der Waals surface area contributed by atoms with Crippen molar-refractivity contribution in [3.8, 4) is 17.6 Å². The number of ether oxygens (including phenoxy) is 2. The van der Waals surface area contributed by atoms with Crippen LogP contribution in [0.15, 0.2) is 42.5 Å². The summed E-state index contributed by atoms with van der Waals surface area (Å²) < 4.78 is 11.8. The van der Waals surface area contributed by atoms with E-state index < -0.39 is 0 Å². The second kappa shape index (κ2) is 10.6. The molecule has 1 heterocycles. The summed E-state index contributed by atoms with van der Waals surface area (Å²) >= 11 is 0. The first-order chi connectivity index (χ1) is 19.0. The molecule has 0 bridgehead atoms. The summed E-state index contributed by atoms with van der Waals surface area (Å²) in [7, 11) is 1.54. The van der Waals surface area contributed by atoms with Crippen LogP contribution in [-0.2, 0) is 0 Å². The third-order valence-electron chi connectivity index (χ3n) is 10.00. The van der Waals surface area contributed by atoms with Crippen molar-refractivity contribution in [1.82, 2.24) is 5.32 Å². The van der Waals surface area contributed by atoms with Crippen LogP contribution in [0.4, 0.5) is 5.69 Å². The third-order valence-corrected chi connectivity index (χ3v) is 10.00. The zero-order valence-corrected chi connectivity index (χ0v) is 24.5. The average Bonchev–Trinajstić information content (AvgIpc) is 2.96. The molecule has 0 radical (unpaired) electrons. The van der Waals surface area contributed by atoms with E-state index in [1.807, 2.05) is 12.1 Å². The first kappa shape index (κ1) is 28.3. The molecule has 2 N–H and O–H groups in total. The van der Waals surface area contributed by atoms with Gasteiger partial charge in [-0.2, -0.15) is 5.26 Å². The van der Waals surface area contributed by atoms with Gasteiger partial charge in [0.25, 0.3) is 5.91 Å². The number of nitrogens with zero attached hydrogens (tertiary/aromatic N) is 2. The lowest BCUT2D eigenvalue weighted by molar-refractivity contribution is -0.164. The molecule has 2 aromatic carbocycles. The van der Waals surface area contributed by atoms with Crippen LogP contribution in [0.3, 0.4) is 0 Å². The van der Waals surface area contributed by atoms with E-state index in [1.165, 1.54) is 12.8 Å². The van der Waals surface area contributed by atoms with E-state index in [9.17, 15) is 15.2 Å². The Bertz CT molecular complexity index is 1250. The molecule has 2 aromatic rings. The number of hydrogen-bond acceptors (Lipinski definition) is 6. The number of carbonyl (C=O) groups excluding carboxylic acids is 1. The zero-order valence-electron chi connectivity index (χ0n) is 24.5. The van der Waals surface area contributed by atoms with E-state index in [0.717, 1.165) is 44.5 Å². The second-order valence-electron chi connectivity index (χ2n) is 13.3. The number of nitriles is 1. The molecular formula is C33H43N3O4. The quantitative estimate of drug-likeness (QED) is 0.484. The fraction of sp³-hybridized carbons (Fsp3) is 0.576. The van der Waals surface area contributed by atoms with Crippen molar-refractivity contribution in [2.24, 2.45) is 16.2 Å². The number of methoxy groups -OCH3 is 1. The highest BCUT2D eigenvalue weighted by Gasteiger charge is 2.64. The Morgan fingerprint density at radius 2 is 1.62 bits per heavy atom. The molecular weight excluding hydrogens is 502 g/mol. The van der Waals surface area contributed by atoms with Gasteiger partial charge in [-0.05, 0) is 80.3 Å². The molecule has 7 nitrogen and oxygen atoms in total. The topological polar surface area (TPSA) is 94.8 Å². The molecule has 40 heavy (non-hydrogen) atoms. The Kier molecular flexibility index (Phi) is 7.52. The summed E-state index contributed by atoms with van der Waals surface area (Å²) in [5.41, 5.74) is 2.08.